The number of anilines is 2. The van der Waals surface area contributed by atoms with E-state index in [-0.39, 0.29) is 11.3 Å². The fraction of sp³-hybridized carbons (Fsp3) is 0.235. The molecule has 0 bridgehead atoms. The number of halogens is 1. The van der Waals surface area contributed by atoms with Crippen molar-refractivity contribution in [3.63, 3.8) is 0 Å². The van der Waals surface area contributed by atoms with E-state index in [0.717, 1.165) is 12.5 Å². The summed E-state index contributed by atoms with van der Waals surface area (Å²) in [7, 11) is -3.26. The quantitative estimate of drug-likeness (QED) is 0.927. The molecule has 1 fully saturated rings. The first-order chi connectivity index (χ1) is 11.5. The molecule has 0 unspecified atom stereocenters. The van der Waals surface area contributed by atoms with Crippen molar-refractivity contribution < 1.29 is 17.6 Å². The molecule has 0 atom stereocenters. The van der Waals surface area contributed by atoms with Crippen LogP contribution < -0.4 is 9.62 Å². The van der Waals surface area contributed by atoms with E-state index in [2.05, 4.69) is 5.32 Å². The molecule has 0 spiro atoms. The van der Waals surface area contributed by atoms with Gasteiger partial charge in [0, 0.05) is 17.8 Å². The van der Waals surface area contributed by atoms with Crippen molar-refractivity contribution in [1.29, 1.82) is 0 Å². The molecule has 5 nitrogen and oxygen atoms in total. The van der Waals surface area contributed by atoms with Crippen LogP contribution in [0.1, 0.15) is 23.2 Å². The summed E-state index contributed by atoms with van der Waals surface area (Å²) in [6, 6.07) is 12.0. The van der Waals surface area contributed by atoms with Gasteiger partial charge in [-0.15, -0.1) is 0 Å². The van der Waals surface area contributed by atoms with E-state index in [1.165, 1.54) is 22.5 Å². The normalized spacial score (nSPS) is 16.6. The average Bonchev–Trinajstić information content (AvgIpc) is 2.55. The molecular weight excluding hydrogens is 331 g/mol. The summed E-state index contributed by atoms with van der Waals surface area (Å²) in [5.41, 5.74) is 1.32. The molecular formula is C17H17FN2O3S. The Kier molecular flexibility index (Phi) is 4.53. The predicted octanol–water partition coefficient (Wildman–Crippen LogP) is 3.01. The highest BCUT2D eigenvalue weighted by molar-refractivity contribution is 7.92. The van der Waals surface area contributed by atoms with Gasteiger partial charge in [0.1, 0.15) is 5.82 Å². The van der Waals surface area contributed by atoms with Gasteiger partial charge in [-0.2, -0.15) is 0 Å². The summed E-state index contributed by atoms with van der Waals surface area (Å²) in [6.07, 6.45) is 1.51. The maximum atomic E-state index is 13.2. The highest BCUT2D eigenvalue weighted by Gasteiger charge is 2.25. The Morgan fingerprint density at radius 3 is 2.50 bits per heavy atom. The van der Waals surface area contributed by atoms with Crippen LogP contribution in [-0.4, -0.2) is 26.6 Å². The molecule has 1 amide bonds. The van der Waals surface area contributed by atoms with E-state index < -0.39 is 21.7 Å². The van der Waals surface area contributed by atoms with E-state index in [1.54, 1.807) is 24.3 Å². The number of carbonyl (C=O) groups excluding carboxylic acids is 1. The smallest absolute Gasteiger partial charge is 0.255 e. The monoisotopic (exact) mass is 348 g/mol. The summed E-state index contributed by atoms with van der Waals surface area (Å²) in [6.45, 7) is 0.470. The second-order valence-electron chi connectivity index (χ2n) is 5.61. The number of rotatable bonds is 3. The Labute approximate surface area is 140 Å². The summed E-state index contributed by atoms with van der Waals surface area (Å²) >= 11 is 0. The zero-order chi connectivity index (χ0) is 17.2. The Balaban J connectivity index is 1.74. The molecule has 0 aliphatic carbocycles. The van der Waals surface area contributed by atoms with Gasteiger partial charge >= 0.3 is 0 Å². The zero-order valence-electron chi connectivity index (χ0n) is 12.9. The van der Waals surface area contributed by atoms with Crippen LogP contribution in [0.5, 0.6) is 0 Å². The van der Waals surface area contributed by atoms with Crippen LogP contribution in [0.4, 0.5) is 15.8 Å². The SMILES string of the molecule is O=C(Nc1ccc(N2CCCCS2(=O)=O)cc1)c1cccc(F)c1. The molecule has 0 saturated carbocycles. The van der Waals surface area contributed by atoms with Crippen molar-refractivity contribution in [2.45, 2.75) is 12.8 Å². The minimum absolute atomic E-state index is 0.158. The fourth-order valence-corrected chi connectivity index (χ4v) is 4.26. The second kappa shape index (κ2) is 6.60. The number of nitrogens with zero attached hydrogens (tertiary/aromatic N) is 1. The number of hydrogen-bond acceptors (Lipinski definition) is 3. The molecule has 1 N–H and O–H groups in total. The van der Waals surface area contributed by atoms with Crippen LogP contribution >= 0.6 is 0 Å². The van der Waals surface area contributed by atoms with Crippen molar-refractivity contribution in [3.8, 4) is 0 Å². The molecule has 24 heavy (non-hydrogen) atoms. The Morgan fingerprint density at radius 1 is 1.08 bits per heavy atom. The summed E-state index contributed by atoms with van der Waals surface area (Å²) in [5.74, 6) is -0.744. The standard InChI is InChI=1S/C17H17FN2O3S/c18-14-5-3-4-13(12-14)17(21)19-15-6-8-16(9-7-15)20-10-1-2-11-24(20,22)23/h3-9,12H,1-2,10-11H2,(H,19,21). The molecule has 1 aliphatic rings. The number of benzene rings is 2. The lowest BCUT2D eigenvalue weighted by molar-refractivity contribution is 0.102. The van der Waals surface area contributed by atoms with Gasteiger partial charge in [0.05, 0.1) is 11.4 Å². The van der Waals surface area contributed by atoms with Crippen molar-refractivity contribution in [2.24, 2.45) is 0 Å². The van der Waals surface area contributed by atoms with Crippen molar-refractivity contribution in [1.82, 2.24) is 0 Å². The van der Waals surface area contributed by atoms with E-state index in [0.29, 0.717) is 24.3 Å². The van der Waals surface area contributed by atoms with Gasteiger partial charge in [0.25, 0.3) is 5.91 Å². The first-order valence-corrected chi connectivity index (χ1v) is 9.24. The predicted molar refractivity (Wildman–Crippen MR) is 91.2 cm³/mol. The van der Waals surface area contributed by atoms with Crippen LogP contribution in [-0.2, 0) is 10.0 Å². The molecule has 1 heterocycles. The Bertz CT molecular complexity index is 850. The molecule has 7 heteroatoms. The van der Waals surface area contributed by atoms with E-state index in [4.69, 9.17) is 0 Å². The van der Waals surface area contributed by atoms with Crippen LogP contribution in [0.15, 0.2) is 48.5 Å². The maximum absolute atomic E-state index is 13.2. The minimum atomic E-state index is -3.26. The van der Waals surface area contributed by atoms with Crippen molar-refractivity contribution in [3.05, 3.63) is 59.9 Å². The molecule has 126 valence electrons. The van der Waals surface area contributed by atoms with Gasteiger partial charge < -0.3 is 5.32 Å². The number of sulfonamides is 1. The third-order valence-electron chi connectivity index (χ3n) is 3.85. The summed E-state index contributed by atoms with van der Waals surface area (Å²) in [5, 5.41) is 2.66. The highest BCUT2D eigenvalue weighted by atomic mass is 32.2. The molecule has 0 aromatic heterocycles. The highest BCUT2D eigenvalue weighted by Crippen LogP contribution is 2.25. The van der Waals surface area contributed by atoms with E-state index in [9.17, 15) is 17.6 Å². The molecule has 1 saturated heterocycles. The van der Waals surface area contributed by atoms with Gasteiger partial charge in [-0.05, 0) is 55.3 Å². The third kappa shape index (κ3) is 3.56. The lowest BCUT2D eigenvalue weighted by Gasteiger charge is -2.28. The zero-order valence-corrected chi connectivity index (χ0v) is 13.7. The maximum Gasteiger partial charge on any atom is 0.255 e. The Hall–Kier alpha value is -2.41. The number of amides is 1. The molecule has 2 aromatic carbocycles. The second-order valence-corrected chi connectivity index (χ2v) is 7.62. The largest absolute Gasteiger partial charge is 0.322 e. The first kappa shape index (κ1) is 16.4. The number of carbonyl (C=O) groups is 1. The number of nitrogens with one attached hydrogen (secondary N) is 1. The topological polar surface area (TPSA) is 66.5 Å². The van der Waals surface area contributed by atoms with Crippen LogP contribution in [0, 0.1) is 5.82 Å². The molecule has 1 aliphatic heterocycles. The van der Waals surface area contributed by atoms with Crippen molar-refractivity contribution in [2.75, 3.05) is 21.9 Å². The van der Waals surface area contributed by atoms with Gasteiger partial charge in [-0.25, -0.2) is 12.8 Å². The van der Waals surface area contributed by atoms with E-state index in [1.807, 2.05) is 0 Å². The lowest BCUT2D eigenvalue weighted by atomic mass is 10.2. The van der Waals surface area contributed by atoms with Gasteiger partial charge in [-0.3, -0.25) is 9.10 Å². The van der Waals surface area contributed by atoms with E-state index >= 15 is 0 Å². The van der Waals surface area contributed by atoms with Gasteiger partial charge in [0.15, 0.2) is 0 Å². The van der Waals surface area contributed by atoms with Crippen molar-refractivity contribution >= 4 is 27.3 Å². The summed E-state index contributed by atoms with van der Waals surface area (Å²) in [4.78, 5) is 12.1. The molecule has 2 aromatic rings. The fourth-order valence-electron chi connectivity index (χ4n) is 2.62. The lowest BCUT2D eigenvalue weighted by Crippen LogP contribution is -2.37. The van der Waals surface area contributed by atoms with Gasteiger partial charge in [-0.1, -0.05) is 6.07 Å². The minimum Gasteiger partial charge on any atom is -0.322 e. The van der Waals surface area contributed by atoms with Crippen LogP contribution in [0.2, 0.25) is 0 Å². The Morgan fingerprint density at radius 2 is 1.83 bits per heavy atom. The third-order valence-corrected chi connectivity index (χ3v) is 5.72. The molecule has 0 radical (unpaired) electrons. The van der Waals surface area contributed by atoms with Gasteiger partial charge in [0.2, 0.25) is 10.0 Å². The average molecular weight is 348 g/mol. The first-order valence-electron chi connectivity index (χ1n) is 7.63. The van der Waals surface area contributed by atoms with Crippen LogP contribution in [0.3, 0.4) is 0 Å². The summed E-state index contributed by atoms with van der Waals surface area (Å²) < 4.78 is 38.7. The number of hydrogen-bond donors (Lipinski definition) is 1. The van der Waals surface area contributed by atoms with Crippen LogP contribution in [0.25, 0.3) is 0 Å². The molecule has 3 rings (SSSR count).